The number of ketones is 2. The average molecular weight is 386 g/mol. The molecular weight excluding hydrogens is 360 g/mol. The quantitative estimate of drug-likeness (QED) is 0.438. The molecule has 0 atom stereocenters. The standard InChI is InChI=1S/C25H26N2O2/c1-18-16-20(23-24(28)21-10-4-5-11-22(21)25(23)29)17-19(2)27(18)15-9-8-14-26-12-6-3-7-13-26/h4-5,10-11,16-17H,3,6-7,12-15H2,1-2H3. The molecule has 0 N–H and O–H groups in total. The van der Waals surface area contributed by atoms with Gasteiger partial charge in [0.15, 0.2) is 11.6 Å². The molecule has 0 spiro atoms. The predicted molar refractivity (Wildman–Crippen MR) is 114 cm³/mol. The molecule has 1 aromatic rings. The van der Waals surface area contributed by atoms with E-state index in [1.807, 2.05) is 26.0 Å². The number of fused-ring (bicyclic) bond motifs is 1. The molecule has 3 aliphatic rings. The van der Waals surface area contributed by atoms with Gasteiger partial charge in [0.05, 0.1) is 18.7 Å². The van der Waals surface area contributed by atoms with Gasteiger partial charge in [-0.15, -0.1) is 0 Å². The minimum Gasteiger partial charge on any atom is -0.338 e. The summed E-state index contributed by atoms with van der Waals surface area (Å²) >= 11 is 0. The molecule has 0 aromatic heterocycles. The van der Waals surface area contributed by atoms with Crippen LogP contribution in [0.5, 0.6) is 0 Å². The number of benzene rings is 1. The van der Waals surface area contributed by atoms with Gasteiger partial charge in [-0.2, -0.15) is 0 Å². The summed E-state index contributed by atoms with van der Waals surface area (Å²) in [5, 5.41) is 0. The number of hydrogen-bond acceptors (Lipinski definition) is 4. The summed E-state index contributed by atoms with van der Waals surface area (Å²) in [5.74, 6) is 6.22. The third kappa shape index (κ3) is 3.83. The van der Waals surface area contributed by atoms with Crippen molar-refractivity contribution in [2.24, 2.45) is 0 Å². The van der Waals surface area contributed by atoms with E-state index in [1.165, 1.54) is 19.3 Å². The number of allylic oxidation sites excluding steroid dienone is 6. The molecule has 0 bridgehead atoms. The zero-order chi connectivity index (χ0) is 20.4. The monoisotopic (exact) mass is 386 g/mol. The largest absolute Gasteiger partial charge is 0.338 e. The van der Waals surface area contributed by atoms with Crippen molar-refractivity contribution in [1.29, 1.82) is 0 Å². The second kappa shape index (κ2) is 8.23. The normalized spacial score (nSPS) is 19.6. The Morgan fingerprint density at radius 1 is 0.828 bits per heavy atom. The maximum absolute atomic E-state index is 12.8. The number of piperidine rings is 1. The highest BCUT2D eigenvalue weighted by molar-refractivity contribution is 6.40. The van der Waals surface area contributed by atoms with Crippen LogP contribution < -0.4 is 0 Å². The highest BCUT2D eigenvalue weighted by Crippen LogP contribution is 2.32. The van der Waals surface area contributed by atoms with Crippen LogP contribution in [-0.2, 0) is 0 Å². The SMILES string of the molecule is CC1=CC(=C2C(=O)c3ccccc3C2=O)C=C(C)N1CC#CCN1CCCCC1. The lowest BCUT2D eigenvalue weighted by Gasteiger charge is -2.28. The third-order valence-corrected chi connectivity index (χ3v) is 5.85. The number of Topliss-reactive ketones (excluding diaryl/α,β-unsaturated/α-hetero) is 2. The summed E-state index contributed by atoms with van der Waals surface area (Å²) in [5.41, 5.74) is 3.98. The molecule has 1 fully saturated rings. The van der Waals surface area contributed by atoms with Crippen LogP contribution in [0, 0.1) is 11.8 Å². The number of nitrogens with zero attached hydrogens (tertiary/aromatic N) is 2. The van der Waals surface area contributed by atoms with Gasteiger partial charge in [0.1, 0.15) is 0 Å². The predicted octanol–water partition coefficient (Wildman–Crippen LogP) is 3.97. The van der Waals surface area contributed by atoms with Gasteiger partial charge >= 0.3 is 0 Å². The van der Waals surface area contributed by atoms with Gasteiger partial charge in [0, 0.05) is 22.5 Å². The highest BCUT2D eigenvalue weighted by atomic mass is 16.2. The topological polar surface area (TPSA) is 40.6 Å². The van der Waals surface area contributed by atoms with Crippen molar-refractivity contribution < 1.29 is 9.59 Å². The fraction of sp³-hybridized carbons (Fsp3) is 0.360. The fourth-order valence-corrected chi connectivity index (χ4v) is 4.25. The molecular formula is C25H26N2O2. The Hall–Kier alpha value is -2.90. The van der Waals surface area contributed by atoms with Gasteiger partial charge in [-0.1, -0.05) is 42.5 Å². The van der Waals surface area contributed by atoms with E-state index in [0.717, 1.165) is 31.0 Å². The molecule has 4 nitrogen and oxygen atoms in total. The number of rotatable bonds is 2. The number of hydrogen-bond donors (Lipinski definition) is 0. The van der Waals surface area contributed by atoms with Gasteiger partial charge in [-0.25, -0.2) is 0 Å². The van der Waals surface area contributed by atoms with Gasteiger partial charge in [0.25, 0.3) is 0 Å². The third-order valence-electron chi connectivity index (χ3n) is 5.85. The van der Waals surface area contributed by atoms with E-state index < -0.39 is 0 Å². The average Bonchev–Trinajstić information content (AvgIpc) is 2.98. The van der Waals surface area contributed by atoms with Crippen LogP contribution in [0.3, 0.4) is 0 Å². The molecule has 2 aliphatic heterocycles. The van der Waals surface area contributed by atoms with Crippen molar-refractivity contribution >= 4 is 11.6 Å². The molecule has 0 radical (unpaired) electrons. The van der Waals surface area contributed by atoms with E-state index >= 15 is 0 Å². The van der Waals surface area contributed by atoms with Gasteiger partial charge in [0.2, 0.25) is 0 Å². The Balaban J connectivity index is 1.50. The second-order valence-electron chi connectivity index (χ2n) is 7.88. The number of carbonyl (C=O) groups is 2. The van der Waals surface area contributed by atoms with Crippen molar-refractivity contribution in [3.8, 4) is 11.8 Å². The molecule has 148 valence electrons. The Labute approximate surface area is 172 Å². The molecule has 0 saturated carbocycles. The Morgan fingerprint density at radius 3 is 1.97 bits per heavy atom. The highest BCUT2D eigenvalue weighted by Gasteiger charge is 2.35. The van der Waals surface area contributed by atoms with E-state index in [1.54, 1.807) is 24.3 Å². The first-order valence-corrected chi connectivity index (χ1v) is 10.3. The van der Waals surface area contributed by atoms with E-state index in [2.05, 4.69) is 21.6 Å². The van der Waals surface area contributed by atoms with Gasteiger partial charge in [-0.3, -0.25) is 14.5 Å². The first-order chi connectivity index (χ1) is 14.1. The van der Waals surface area contributed by atoms with E-state index in [-0.39, 0.29) is 17.1 Å². The van der Waals surface area contributed by atoms with Crippen molar-refractivity contribution in [3.05, 3.63) is 70.1 Å². The van der Waals surface area contributed by atoms with Crippen LogP contribution in [0.1, 0.15) is 53.8 Å². The minimum absolute atomic E-state index is 0.177. The zero-order valence-electron chi connectivity index (χ0n) is 17.1. The number of likely N-dealkylation sites (tertiary alicyclic amines) is 1. The molecule has 1 aliphatic carbocycles. The van der Waals surface area contributed by atoms with Crippen LogP contribution in [-0.4, -0.2) is 47.5 Å². The summed E-state index contributed by atoms with van der Waals surface area (Å²) in [4.78, 5) is 30.1. The van der Waals surface area contributed by atoms with E-state index in [9.17, 15) is 9.59 Å². The zero-order valence-corrected chi connectivity index (χ0v) is 17.1. The molecule has 29 heavy (non-hydrogen) atoms. The van der Waals surface area contributed by atoms with E-state index in [4.69, 9.17) is 0 Å². The number of carbonyl (C=O) groups excluding carboxylic acids is 2. The van der Waals surface area contributed by atoms with Gasteiger partial charge < -0.3 is 4.90 Å². The van der Waals surface area contributed by atoms with Crippen LogP contribution >= 0.6 is 0 Å². The molecule has 0 unspecified atom stereocenters. The van der Waals surface area contributed by atoms with Crippen LogP contribution in [0.15, 0.2) is 59.0 Å². The Kier molecular flexibility index (Phi) is 5.51. The first kappa shape index (κ1) is 19.4. The smallest absolute Gasteiger partial charge is 0.198 e. The van der Waals surface area contributed by atoms with Gasteiger partial charge in [-0.05, 0) is 57.5 Å². The molecule has 4 heteroatoms. The summed E-state index contributed by atoms with van der Waals surface area (Å²) in [6.45, 7) is 7.75. The van der Waals surface area contributed by atoms with Crippen LogP contribution in [0.4, 0.5) is 0 Å². The molecule has 0 amide bonds. The maximum Gasteiger partial charge on any atom is 0.198 e. The van der Waals surface area contributed by atoms with Crippen molar-refractivity contribution in [3.63, 3.8) is 0 Å². The minimum atomic E-state index is -0.177. The summed E-state index contributed by atoms with van der Waals surface area (Å²) in [6, 6.07) is 7.04. The van der Waals surface area contributed by atoms with Crippen LogP contribution in [0.2, 0.25) is 0 Å². The summed E-state index contributed by atoms with van der Waals surface area (Å²) < 4.78 is 0. The summed E-state index contributed by atoms with van der Waals surface area (Å²) in [6.07, 6.45) is 7.73. The molecule has 1 aromatic carbocycles. The maximum atomic E-state index is 12.8. The van der Waals surface area contributed by atoms with Crippen molar-refractivity contribution in [2.45, 2.75) is 33.1 Å². The lowest BCUT2D eigenvalue weighted by Crippen LogP contribution is -2.30. The summed E-state index contributed by atoms with van der Waals surface area (Å²) in [7, 11) is 0. The lowest BCUT2D eigenvalue weighted by atomic mass is 9.99. The molecule has 4 rings (SSSR count). The molecule has 2 heterocycles. The fourth-order valence-electron chi connectivity index (χ4n) is 4.25. The van der Waals surface area contributed by atoms with E-state index in [0.29, 0.717) is 23.2 Å². The molecule has 1 saturated heterocycles. The van der Waals surface area contributed by atoms with Crippen LogP contribution in [0.25, 0.3) is 0 Å². The Morgan fingerprint density at radius 2 is 1.38 bits per heavy atom. The first-order valence-electron chi connectivity index (χ1n) is 10.3. The Bertz CT molecular complexity index is 952. The second-order valence-corrected chi connectivity index (χ2v) is 7.88. The lowest BCUT2D eigenvalue weighted by molar-refractivity contribution is 0.0988. The van der Waals surface area contributed by atoms with Crippen molar-refractivity contribution in [1.82, 2.24) is 9.80 Å². The van der Waals surface area contributed by atoms with Crippen molar-refractivity contribution in [2.75, 3.05) is 26.2 Å².